The van der Waals surface area contributed by atoms with Gasteiger partial charge in [-0.25, -0.2) is 0 Å². The fraction of sp³-hybridized carbons (Fsp3) is 0.962. The third-order valence-corrected chi connectivity index (χ3v) is 18.4. The molecule has 0 aliphatic rings. The normalized spacial score (nSPS) is 12.5. The van der Waals surface area contributed by atoms with E-state index < -0.39 is 24.3 Å². The molecule has 0 aliphatic carbocycles. The highest BCUT2D eigenvalue weighted by Crippen LogP contribution is 2.20. The first-order chi connectivity index (χ1) is 42.6. The largest absolute Gasteiger partial charge is 0.545 e. The maximum Gasteiger partial charge on any atom is 0.306 e. The third kappa shape index (κ3) is 71.6. The van der Waals surface area contributed by atoms with E-state index in [-0.39, 0.29) is 32.2 Å². The van der Waals surface area contributed by atoms with Crippen LogP contribution in [0.1, 0.15) is 425 Å². The first-order valence-corrected chi connectivity index (χ1v) is 39.2. The second kappa shape index (κ2) is 70.2. The number of esters is 2. The lowest BCUT2D eigenvalue weighted by molar-refractivity contribution is -0.870. The zero-order valence-corrected chi connectivity index (χ0v) is 59.5. The maximum absolute atomic E-state index is 13.0. The van der Waals surface area contributed by atoms with Gasteiger partial charge in [0, 0.05) is 12.8 Å². The number of carbonyl (C=O) groups is 3. The van der Waals surface area contributed by atoms with Gasteiger partial charge in [0.25, 0.3) is 0 Å². The number of ether oxygens (including phenoxy) is 4. The van der Waals surface area contributed by atoms with E-state index in [0.29, 0.717) is 17.4 Å². The van der Waals surface area contributed by atoms with Crippen LogP contribution in [0.15, 0.2) is 0 Å². The van der Waals surface area contributed by atoms with E-state index in [1.165, 1.54) is 360 Å². The fourth-order valence-corrected chi connectivity index (χ4v) is 12.4. The van der Waals surface area contributed by atoms with E-state index in [4.69, 9.17) is 18.9 Å². The number of rotatable bonds is 75. The van der Waals surface area contributed by atoms with Crippen LogP contribution in [-0.2, 0) is 33.3 Å². The van der Waals surface area contributed by atoms with Crippen molar-refractivity contribution in [2.75, 3.05) is 47.5 Å². The number of carboxylic acid groups (broad SMARTS) is 1. The molecule has 9 heteroatoms. The molecule has 0 bridgehead atoms. The van der Waals surface area contributed by atoms with Crippen LogP contribution in [0.25, 0.3) is 0 Å². The van der Waals surface area contributed by atoms with Gasteiger partial charge in [0.1, 0.15) is 13.2 Å². The molecule has 2 atom stereocenters. The summed E-state index contributed by atoms with van der Waals surface area (Å²) >= 11 is 0. The van der Waals surface area contributed by atoms with Crippen molar-refractivity contribution >= 4 is 17.9 Å². The summed E-state index contributed by atoms with van der Waals surface area (Å²) in [6, 6.07) is 0. The van der Waals surface area contributed by atoms with Crippen LogP contribution in [-0.4, -0.2) is 82.3 Å². The number of aliphatic carboxylic acids is 1. The number of hydrogen-bond acceptors (Lipinski definition) is 8. The molecule has 2 unspecified atom stereocenters. The van der Waals surface area contributed by atoms with Gasteiger partial charge in [-0.05, 0) is 12.8 Å². The van der Waals surface area contributed by atoms with Crippen LogP contribution in [0.4, 0.5) is 0 Å². The van der Waals surface area contributed by atoms with Crippen molar-refractivity contribution in [2.24, 2.45) is 0 Å². The van der Waals surface area contributed by atoms with Gasteiger partial charge < -0.3 is 33.3 Å². The first-order valence-electron chi connectivity index (χ1n) is 39.2. The van der Waals surface area contributed by atoms with Crippen LogP contribution >= 0.6 is 0 Å². The van der Waals surface area contributed by atoms with Gasteiger partial charge in [0.2, 0.25) is 0 Å². The molecule has 0 rings (SSSR count). The van der Waals surface area contributed by atoms with Crippen molar-refractivity contribution in [1.29, 1.82) is 0 Å². The van der Waals surface area contributed by atoms with Crippen molar-refractivity contribution in [3.05, 3.63) is 0 Å². The molecule has 0 spiro atoms. The van der Waals surface area contributed by atoms with Gasteiger partial charge in [-0.2, -0.15) is 0 Å². The highest BCUT2D eigenvalue weighted by atomic mass is 16.7. The van der Waals surface area contributed by atoms with Crippen LogP contribution in [0, 0.1) is 0 Å². The maximum atomic E-state index is 13.0. The fourth-order valence-electron chi connectivity index (χ4n) is 12.4. The summed E-state index contributed by atoms with van der Waals surface area (Å²) in [5.74, 6) is -2.24. The summed E-state index contributed by atoms with van der Waals surface area (Å²) in [7, 11) is 5.96. The van der Waals surface area contributed by atoms with Gasteiger partial charge in [-0.3, -0.25) is 9.59 Å². The van der Waals surface area contributed by atoms with E-state index in [2.05, 4.69) is 13.8 Å². The van der Waals surface area contributed by atoms with Gasteiger partial charge >= 0.3 is 11.9 Å². The Morgan fingerprint density at radius 3 is 0.736 bits per heavy atom. The molecule has 0 saturated carbocycles. The molecule has 0 heterocycles. The van der Waals surface area contributed by atoms with Crippen LogP contribution in [0.3, 0.4) is 0 Å². The lowest BCUT2D eigenvalue weighted by Gasteiger charge is -2.26. The molecule has 0 aromatic heterocycles. The number of quaternary nitrogens is 1. The second-order valence-electron chi connectivity index (χ2n) is 28.4. The molecule has 9 nitrogen and oxygen atoms in total. The van der Waals surface area contributed by atoms with Gasteiger partial charge in [-0.1, -0.05) is 399 Å². The average Bonchev–Trinajstić information content (AvgIpc) is 3.59. The zero-order valence-electron chi connectivity index (χ0n) is 59.5. The van der Waals surface area contributed by atoms with E-state index in [0.717, 1.165) is 38.5 Å². The third-order valence-electron chi connectivity index (χ3n) is 18.4. The van der Waals surface area contributed by atoms with Crippen molar-refractivity contribution in [2.45, 2.75) is 437 Å². The zero-order chi connectivity index (χ0) is 63.3. The Kier molecular flexibility index (Phi) is 68.8. The molecule has 0 aromatic carbocycles. The Labute approximate surface area is 543 Å². The molecular formula is C78H153NO8. The molecule has 87 heavy (non-hydrogen) atoms. The Hall–Kier alpha value is -1.71. The monoisotopic (exact) mass is 1230 g/mol. The lowest BCUT2D eigenvalue weighted by Crippen LogP contribution is -2.44. The predicted octanol–water partition coefficient (Wildman–Crippen LogP) is 23.3. The summed E-state index contributed by atoms with van der Waals surface area (Å²) in [6.45, 7) is 4.86. The molecule has 0 radical (unpaired) electrons. The quantitative estimate of drug-likeness (QED) is 0.0256. The highest BCUT2D eigenvalue weighted by Gasteiger charge is 2.22. The standard InChI is InChI=1S/C78H153NO8/c1-6-8-10-12-14-16-18-20-22-24-26-28-30-32-34-36-37-38-39-41-43-45-47-49-51-53-55-57-59-61-63-65-67-69-76(81)87-74(73-86-78(77(82)83)84-71-70-79(3,4)5)72-85-75(80)68-66-64-62-60-58-56-54-52-50-48-46-44-42-40-35-33-31-29-27-25-23-21-19-17-15-13-11-9-7-2/h74,78H,6-73H2,1-5H3. The SMILES string of the molecule is CCCCCCCCCCCCCCCCCCCCCCCCCCCCCCCCCCCC(=O)OC(COC(=O)CCCCCCCCCCCCCCCCCCCCCCCCCCCCCCC)COC(OCC[N+](C)(C)C)C(=O)[O-]. The summed E-state index contributed by atoms with van der Waals surface area (Å²) in [6.07, 6.45) is 82.3. The van der Waals surface area contributed by atoms with E-state index >= 15 is 0 Å². The average molecular weight is 1230 g/mol. The molecule has 0 aromatic rings. The minimum absolute atomic E-state index is 0.154. The second-order valence-corrected chi connectivity index (χ2v) is 28.4. The van der Waals surface area contributed by atoms with Crippen LogP contribution < -0.4 is 5.11 Å². The minimum Gasteiger partial charge on any atom is -0.545 e. The molecule has 0 saturated heterocycles. The number of likely N-dealkylation sites (N-methyl/N-ethyl adjacent to an activating group) is 1. The van der Waals surface area contributed by atoms with Crippen molar-refractivity contribution in [1.82, 2.24) is 0 Å². The molecule has 0 N–H and O–H groups in total. The van der Waals surface area contributed by atoms with Crippen molar-refractivity contribution in [3.63, 3.8) is 0 Å². The van der Waals surface area contributed by atoms with Crippen LogP contribution in [0.2, 0.25) is 0 Å². The Morgan fingerprint density at radius 1 is 0.299 bits per heavy atom. The topological polar surface area (TPSA) is 111 Å². The smallest absolute Gasteiger partial charge is 0.306 e. The molecular weight excluding hydrogens is 1080 g/mol. The molecule has 518 valence electrons. The summed E-state index contributed by atoms with van der Waals surface area (Å²) in [5, 5.41) is 11.8. The van der Waals surface area contributed by atoms with Gasteiger partial charge in [-0.15, -0.1) is 0 Å². The minimum atomic E-state index is -1.62. The summed E-state index contributed by atoms with van der Waals surface area (Å²) in [4.78, 5) is 37.6. The summed E-state index contributed by atoms with van der Waals surface area (Å²) in [5.41, 5.74) is 0. The Balaban J connectivity index is 3.96. The first kappa shape index (κ1) is 85.3. The predicted molar refractivity (Wildman–Crippen MR) is 371 cm³/mol. The lowest BCUT2D eigenvalue weighted by atomic mass is 10.0. The van der Waals surface area contributed by atoms with E-state index in [1.54, 1.807) is 0 Å². The van der Waals surface area contributed by atoms with E-state index in [1.807, 2.05) is 21.1 Å². The summed E-state index contributed by atoms with van der Waals surface area (Å²) < 4.78 is 22.9. The van der Waals surface area contributed by atoms with E-state index in [9.17, 15) is 19.5 Å². The number of hydrogen-bond donors (Lipinski definition) is 0. The Bertz CT molecular complexity index is 1390. The van der Waals surface area contributed by atoms with Crippen LogP contribution in [0.5, 0.6) is 0 Å². The van der Waals surface area contributed by atoms with Crippen molar-refractivity contribution in [3.8, 4) is 0 Å². The number of unbranched alkanes of at least 4 members (excludes halogenated alkanes) is 60. The van der Waals surface area contributed by atoms with Gasteiger partial charge in [0.15, 0.2) is 12.4 Å². The number of carboxylic acids is 1. The number of carbonyl (C=O) groups excluding carboxylic acids is 3. The number of nitrogens with zero attached hydrogens (tertiary/aromatic N) is 1. The molecule has 0 fully saturated rings. The highest BCUT2D eigenvalue weighted by molar-refractivity contribution is 5.70. The Morgan fingerprint density at radius 2 is 0.517 bits per heavy atom. The van der Waals surface area contributed by atoms with Crippen molar-refractivity contribution < 1.29 is 42.9 Å². The van der Waals surface area contributed by atoms with Gasteiger partial charge in [0.05, 0.1) is 40.3 Å². The molecule has 0 amide bonds. The molecule has 0 aliphatic heterocycles.